The Bertz CT molecular complexity index is 526. The molecule has 1 aromatic carbocycles. The number of hydrogen-bond donors (Lipinski definition) is 3. The molecule has 0 aromatic heterocycles. The Kier molecular flexibility index (Phi) is 4.83. The lowest BCUT2D eigenvalue weighted by Crippen LogP contribution is -2.41. The molecule has 7 heteroatoms. The molecule has 6 nitrogen and oxygen atoms in total. The van der Waals surface area contributed by atoms with Crippen molar-refractivity contribution in [3.8, 4) is 0 Å². The summed E-state index contributed by atoms with van der Waals surface area (Å²) in [5, 5.41) is 17.6. The minimum Gasteiger partial charge on any atom is -0.480 e. The molecule has 100 valence electrons. The number of aliphatic hydroxyl groups excluding tert-OH is 1. The smallest absolute Gasteiger partial charge is 0.321 e. The summed E-state index contributed by atoms with van der Waals surface area (Å²) in [7, 11) is -3.90. The summed E-state index contributed by atoms with van der Waals surface area (Å²) in [6.45, 7) is 1.21. The molecular weight excluding hydrogens is 258 g/mol. The standard InChI is InChI=1S/C11H15NO5S/c1-8-4-2-3-5-10(8)18(16,17)12-9(6-7-13)11(14)15/h2-5,9,12-13H,6-7H2,1H3,(H,14,15)/t9-/m1/s1. The van der Waals surface area contributed by atoms with E-state index in [4.69, 9.17) is 10.2 Å². The van der Waals surface area contributed by atoms with Crippen molar-refractivity contribution in [2.45, 2.75) is 24.3 Å². The van der Waals surface area contributed by atoms with Crippen LogP contribution in [0.1, 0.15) is 12.0 Å². The number of aryl methyl sites for hydroxylation is 1. The van der Waals surface area contributed by atoms with E-state index in [1.165, 1.54) is 6.07 Å². The highest BCUT2D eigenvalue weighted by molar-refractivity contribution is 7.89. The van der Waals surface area contributed by atoms with Crippen LogP contribution in [0, 0.1) is 6.92 Å². The quantitative estimate of drug-likeness (QED) is 0.682. The lowest BCUT2D eigenvalue weighted by atomic mass is 10.2. The molecule has 1 rings (SSSR count). The van der Waals surface area contributed by atoms with Crippen molar-refractivity contribution in [1.82, 2.24) is 4.72 Å². The van der Waals surface area contributed by atoms with E-state index < -0.39 is 28.6 Å². The zero-order valence-electron chi connectivity index (χ0n) is 9.83. The average Bonchev–Trinajstić information content (AvgIpc) is 2.28. The number of carboxylic acid groups (broad SMARTS) is 1. The maximum Gasteiger partial charge on any atom is 0.321 e. The first-order chi connectivity index (χ1) is 8.38. The van der Waals surface area contributed by atoms with Crippen LogP contribution in [0.4, 0.5) is 0 Å². The van der Waals surface area contributed by atoms with Gasteiger partial charge in [-0.2, -0.15) is 4.72 Å². The molecule has 0 aliphatic carbocycles. The molecule has 0 bridgehead atoms. The number of hydrogen-bond acceptors (Lipinski definition) is 4. The van der Waals surface area contributed by atoms with E-state index in [9.17, 15) is 13.2 Å². The predicted octanol–water partition coefficient (Wildman–Crippen LogP) is 0.109. The van der Waals surface area contributed by atoms with Crippen LogP contribution in [0.25, 0.3) is 0 Å². The van der Waals surface area contributed by atoms with Gasteiger partial charge in [-0.25, -0.2) is 8.42 Å². The van der Waals surface area contributed by atoms with E-state index in [-0.39, 0.29) is 11.3 Å². The number of nitrogens with one attached hydrogen (secondary N) is 1. The van der Waals surface area contributed by atoms with Crippen molar-refractivity contribution in [1.29, 1.82) is 0 Å². The SMILES string of the molecule is Cc1ccccc1S(=O)(=O)N[C@H](CCO)C(=O)O. The van der Waals surface area contributed by atoms with Crippen LogP contribution in [0.15, 0.2) is 29.2 Å². The summed E-state index contributed by atoms with van der Waals surface area (Å²) >= 11 is 0. The number of rotatable bonds is 6. The van der Waals surface area contributed by atoms with Crippen molar-refractivity contribution in [3.05, 3.63) is 29.8 Å². The molecule has 0 aliphatic rings. The highest BCUT2D eigenvalue weighted by atomic mass is 32.2. The number of carbonyl (C=O) groups is 1. The first kappa shape index (κ1) is 14.6. The third kappa shape index (κ3) is 3.52. The van der Waals surface area contributed by atoms with Gasteiger partial charge in [0, 0.05) is 6.61 Å². The number of aliphatic hydroxyl groups is 1. The van der Waals surface area contributed by atoms with Gasteiger partial charge >= 0.3 is 5.97 Å². The van der Waals surface area contributed by atoms with Crippen LogP contribution < -0.4 is 4.72 Å². The maximum absolute atomic E-state index is 12.0. The highest BCUT2D eigenvalue weighted by Gasteiger charge is 2.25. The van der Waals surface area contributed by atoms with Gasteiger partial charge < -0.3 is 10.2 Å². The molecule has 0 heterocycles. The lowest BCUT2D eigenvalue weighted by Gasteiger charge is -2.14. The topological polar surface area (TPSA) is 104 Å². The normalized spacial score (nSPS) is 13.2. The van der Waals surface area contributed by atoms with Crippen LogP contribution in [0.5, 0.6) is 0 Å². The fourth-order valence-corrected chi connectivity index (χ4v) is 2.94. The first-order valence-electron chi connectivity index (χ1n) is 5.30. The zero-order chi connectivity index (χ0) is 13.8. The number of sulfonamides is 1. The van der Waals surface area contributed by atoms with E-state index in [1.54, 1.807) is 25.1 Å². The van der Waals surface area contributed by atoms with Crippen LogP contribution in [0.2, 0.25) is 0 Å². The summed E-state index contributed by atoms with van der Waals surface area (Å²) in [4.78, 5) is 10.9. The summed E-state index contributed by atoms with van der Waals surface area (Å²) in [6, 6.07) is 4.94. The van der Waals surface area contributed by atoms with E-state index in [2.05, 4.69) is 4.72 Å². The van der Waals surface area contributed by atoms with E-state index in [0.717, 1.165) is 0 Å². The Labute approximate surface area is 105 Å². The highest BCUT2D eigenvalue weighted by Crippen LogP contribution is 2.14. The molecule has 1 aromatic rings. The third-order valence-corrected chi connectivity index (χ3v) is 4.03. The third-order valence-electron chi connectivity index (χ3n) is 2.40. The molecule has 0 fully saturated rings. The van der Waals surface area contributed by atoms with Crippen molar-refractivity contribution >= 4 is 16.0 Å². The number of aliphatic carboxylic acids is 1. The minimum absolute atomic E-state index is 0.0363. The molecule has 3 N–H and O–H groups in total. The van der Waals surface area contributed by atoms with Crippen molar-refractivity contribution < 1.29 is 23.4 Å². The summed E-state index contributed by atoms with van der Waals surface area (Å²) < 4.78 is 26.0. The van der Waals surface area contributed by atoms with Gasteiger partial charge in [-0.1, -0.05) is 18.2 Å². The second kappa shape index (κ2) is 5.94. The summed E-state index contributed by atoms with van der Waals surface area (Å²) in [5.41, 5.74) is 0.526. The Morgan fingerprint density at radius 3 is 2.50 bits per heavy atom. The van der Waals surface area contributed by atoms with Crippen LogP contribution in [0.3, 0.4) is 0 Å². The monoisotopic (exact) mass is 273 g/mol. The van der Waals surface area contributed by atoms with E-state index in [1.807, 2.05) is 0 Å². The van der Waals surface area contributed by atoms with E-state index in [0.29, 0.717) is 5.56 Å². The molecule has 0 saturated carbocycles. The Morgan fingerprint density at radius 2 is 2.00 bits per heavy atom. The Morgan fingerprint density at radius 1 is 1.39 bits per heavy atom. The van der Waals surface area contributed by atoms with Gasteiger partial charge in [0.15, 0.2) is 0 Å². The molecule has 0 radical (unpaired) electrons. The van der Waals surface area contributed by atoms with E-state index >= 15 is 0 Å². The first-order valence-corrected chi connectivity index (χ1v) is 6.78. The predicted molar refractivity (Wildman–Crippen MR) is 64.6 cm³/mol. The van der Waals surface area contributed by atoms with Crippen LogP contribution >= 0.6 is 0 Å². The number of carboxylic acids is 1. The number of benzene rings is 1. The largest absolute Gasteiger partial charge is 0.480 e. The fraction of sp³-hybridized carbons (Fsp3) is 0.364. The van der Waals surface area contributed by atoms with Crippen LogP contribution in [-0.4, -0.2) is 37.2 Å². The van der Waals surface area contributed by atoms with Gasteiger partial charge in [-0.15, -0.1) is 0 Å². The molecule has 0 spiro atoms. The zero-order valence-corrected chi connectivity index (χ0v) is 10.6. The fourth-order valence-electron chi connectivity index (χ4n) is 1.47. The van der Waals surface area contributed by atoms with Gasteiger partial charge in [0.1, 0.15) is 6.04 Å². The Hall–Kier alpha value is -1.44. The molecule has 1 atom stereocenters. The summed E-state index contributed by atoms with van der Waals surface area (Å²) in [5.74, 6) is -1.32. The van der Waals surface area contributed by atoms with Gasteiger partial charge in [0.25, 0.3) is 0 Å². The average molecular weight is 273 g/mol. The van der Waals surface area contributed by atoms with Gasteiger partial charge in [0.05, 0.1) is 4.90 Å². The van der Waals surface area contributed by atoms with Crippen molar-refractivity contribution in [2.24, 2.45) is 0 Å². The second-order valence-corrected chi connectivity index (χ2v) is 5.47. The molecule has 0 aliphatic heterocycles. The van der Waals surface area contributed by atoms with Crippen molar-refractivity contribution in [2.75, 3.05) is 6.61 Å². The van der Waals surface area contributed by atoms with Crippen molar-refractivity contribution in [3.63, 3.8) is 0 Å². The maximum atomic E-state index is 12.0. The minimum atomic E-state index is -3.90. The van der Waals surface area contributed by atoms with Gasteiger partial charge in [-0.05, 0) is 25.0 Å². The molecule has 0 amide bonds. The Balaban J connectivity index is 3.01. The second-order valence-electron chi connectivity index (χ2n) is 3.79. The molecular formula is C11H15NO5S. The lowest BCUT2D eigenvalue weighted by molar-refractivity contribution is -0.139. The molecule has 0 unspecified atom stereocenters. The summed E-state index contributed by atoms with van der Waals surface area (Å²) in [6.07, 6.45) is -0.180. The van der Waals surface area contributed by atoms with Gasteiger partial charge in [0.2, 0.25) is 10.0 Å². The molecule has 0 saturated heterocycles. The van der Waals surface area contributed by atoms with Crippen LogP contribution in [-0.2, 0) is 14.8 Å². The molecule has 18 heavy (non-hydrogen) atoms. The van der Waals surface area contributed by atoms with Gasteiger partial charge in [-0.3, -0.25) is 4.79 Å².